The summed E-state index contributed by atoms with van der Waals surface area (Å²) in [5.74, 6) is 0. The summed E-state index contributed by atoms with van der Waals surface area (Å²) in [7, 11) is 2.20. The van der Waals surface area contributed by atoms with Crippen LogP contribution < -0.4 is 4.90 Å². The summed E-state index contributed by atoms with van der Waals surface area (Å²) < 4.78 is 0. The molecule has 4 aromatic rings. The Hall–Kier alpha value is -2.91. The van der Waals surface area contributed by atoms with Crippen molar-refractivity contribution in [1.82, 2.24) is 9.88 Å². The van der Waals surface area contributed by atoms with Crippen LogP contribution >= 0.6 is 0 Å². The molecule has 1 aliphatic heterocycles. The monoisotopic (exact) mass is 353 g/mol. The zero-order chi connectivity index (χ0) is 18.2. The molecule has 3 nitrogen and oxygen atoms in total. The number of likely N-dealkylation sites (N-methyl/N-ethyl adjacent to an activating group) is 1. The summed E-state index contributed by atoms with van der Waals surface area (Å²) in [5, 5.41) is 5.03. The Morgan fingerprint density at radius 3 is 2.22 bits per heavy atom. The number of benzene rings is 3. The van der Waals surface area contributed by atoms with Gasteiger partial charge < -0.3 is 9.80 Å². The summed E-state index contributed by atoms with van der Waals surface area (Å²) in [6, 6.07) is 23.9. The number of rotatable bonds is 2. The van der Waals surface area contributed by atoms with Gasteiger partial charge in [-0.15, -0.1) is 0 Å². The Morgan fingerprint density at radius 1 is 0.704 bits per heavy atom. The molecular formula is C24H23N3. The second-order valence-corrected chi connectivity index (χ2v) is 7.35. The first-order valence-electron chi connectivity index (χ1n) is 9.60. The van der Waals surface area contributed by atoms with Crippen LogP contribution in [0.1, 0.15) is 0 Å². The average molecular weight is 353 g/mol. The van der Waals surface area contributed by atoms with E-state index in [1.807, 2.05) is 6.20 Å². The SMILES string of the molecule is CN1CCN(c2ccc(-c3nccc4ccccc34)c3ccccc23)CC1. The van der Waals surface area contributed by atoms with Crippen molar-refractivity contribution in [2.75, 3.05) is 38.1 Å². The molecule has 5 rings (SSSR count). The predicted molar refractivity (Wildman–Crippen MR) is 114 cm³/mol. The van der Waals surface area contributed by atoms with Crippen LogP contribution in [0.2, 0.25) is 0 Å². The topological polar surface area (TPSA) is 19.4 Å². The van der Waals surface area contributed by atoms with Gasteiger partial charge in [0.25, 0.3) is 0 Å². The maximum Gasteiger partial charge on any atom is 0.0786 e. The molecule has 27 heavy (non-hydrogen) atoms. The van der Waals surface area contributed by atoms with Crippen molar-refractivity contribution >= 4 is 27.2 Å². The first-order valence-corrected chi connectivity index (χ1v) is 9.60. The molecule has 0 spiro atoms. The summed E-state index contributed by atoms with van der Waals surface area (Å²) in [6.07, 6.45) is 1.92. The molecule has 0 aliphatic carbocycles. The van der Waals surface area contributed by atoms with Gasteiger partial charge in [0, 0.05) is 54.4 Å². The zero-order valence-electron chi connectivity index (χ0n) is 15.6. The smallest absolute Gasteiger partial charge is 0.0786 e. The lowest BCUT2D eigenvalue weighted by molar-refractivity contribution is 0.313. The largest absolute Gasteiger partial charge is 0.368 e. The van der Waals surface area contributed by atoms with Gasteiger partial charge in [0.05, 0.1) is 5.69 Å². The minimum atomic E-state index is 1.06. The number of hydrogen-bond donors (Lipinski definition) is 0. The number of pyridine rings is 1. The Kier molecular flexibility index (Phi) is 4.02. The summed E-state index contributed by atoms with van der Waals surface area (Å²) in [4.78, 5) is 9.67. The number of piperazine rings is 1. The Balaban J connectivity index is 1.70. The van der Waals surface area contributed by atoms with E-state index in [0.717, 1.165) is 31.9 Å². The van der Waals surface area contributed by atoms with Gasteiger partial charge in [0.15, 0.2) is 0 Å². The highest BCUT2D eigenvalue weighted by molar-refractivity contribution is 6.07. The number of hydrogen-bond acceptors (Lipinski definition) is 3. The number of nitrogens with zero attached hydrogens (tertiary/aromatic N) is 3. The second-order valence-electron chi connectivity index (χ2n) is 7.35. The van der Waals surface area contributed by atoms with Crippen molar-refractivity contribution in [1.29, 1.82) is 0 Å². The van der Waals surface area contributed by atoms with Gasteiger partial charge in [-0.25, -0.2) is 0 Å². The normalized spacial score (nSPS) is 15.5. The number of anilines is 1. The van der Waals surface area contributed by atoms with Gasteiger partial charge in [-0.3, -0.25) is 4.98 Å². The molecule has 134 valence electrons. The molecule has 1 aliphatic rings. The molecule has 0 amide bonds. The Labute approximate surface area is 159 Å². The van der Waals surface area contributed by atoms with Crippen LogP contribution in [-0.2, 0) is 0 Å². The van der Waals surface area contributed by atoms with E-state index in [1.165, 1.54) is 32.8 Å². The minimum Gasteiger partial charge on any atom is -0.368 e. The third-order valence-corrected chi connectivity index (χ3v) is 5.67. The second kappa shape index (κ2) is 6.67. The van der Waals surface area contributed by atoms with Gasteiger partial charge >= 0.3 is 0 Å². The highest BCUT2D eigenvalue weighted by atomic mass is 15.2. The molecule has 0 atom stereocenters. The zero-order valence-corrected chi connectivity index (χ0v) is 15.6. The lowest BCUT2D eigenvalue weighted by Crippen LogP contribution is -2.44. The van der Waals surface area contributed by atoms with Crippen LogP contribution in [-0.4, -0.2) is 43.1 Å². The maximum absolute atomic E-state index is 4.76. The summed E-state index contributed by atoms with van der Waals surface area (Å²) >= 11 is 0. The lowest BCUT2D eigenvalue weighted by atomic mass is 9.96. The van der Waals surface area contributed by atoms with E-state index >= 15 is 0 Å². The van der Waals surface area contributed by atoms with E-state index in [1.54, 1.807) is 0 Å². The van der Waals surface area contributed by atoms with Crippen molar-refractivity contribution in [3.8, 4) is 11.3 Å². The molecule has 0 N–H and O–H groups in total. The molecule has 0 bridgehead atoms. The van der Waals surface area contributed by atoms with Crippen LogP contribution in [0.4, 0.5) is 5.69 Å². The van der Waals surface area contributed by atoms with Crippen LogP contribution in [0.5, 0.6) is 0 Å². The minimum absolute atomic E-state index is 1.06. The number of aromatic nitrogens is 1. The van der Waals surface area contributed by atoms with Gasteiger partial charge in [0.2, 0.25) is 0 Å². The van der Waals surface area contributed by atoms with Crippen molar-refractivity contribution in [3.05, 3.63) is 72.9 Å². The Bertz CT molecular complexity index is 1110. The fraction of sp³-hybridized carbons (Fsp3) is 0.208. The third-order valence-electron chi connectivity index (χ3n) is 5.67. The molecule has 3 aromatic carbocycles. The van der Waals surface area contributed by atoms with E-state index in [9.17, 15) is 0 Å². The van der Waals surface area contributed by atoms with E-state index in [4.69, 9.17) is 4.98 Å². The molecule has 1 aromatic heterocycles. The van der Waals surface area contributed by atoms with Crippen LogP contribution in [0.3, 0.4) is 0 Å². The van der Waals surface area contributed by atoms with Gasteiger partial charge in [-0.05, 0) is 30.0 Å². The third kappa shape index (κ3) is 2.84. The summed E-state index contributed by atoms with van der Waals surface area (Å²) in [5.41, 5.74) is 3.61. The van der Waals surface area contributed by atoms with Crippen LogP contribution in [0.25, 0.3) is 32.8 Å². The first kappa shape index (κ1) is 16.3. The summed E-state index contributed by atoms with van der Waals surface area (Å²) in [6.45, 7) is 4.38. The van der Waals surface area contributed by atoms with Crippen molar-refractivity contribution in [2.45, 2.75) is 0 Å². The fourth-order valence-electron chi connectivity index (χ4n) is 4.15. The highest BCUT2D eigenvalue weighted by Crippen LogP contribution is 2.37. The quantitative estimate of drug-likeness (QED) is 0.516. The van der Waals surface area contributed by atoms with Crippen LogP contribution in [0, 0.1) is 0 Å². The fourth-order valence-corrected chi connectivity index (χ4v) is 4.15. The standard InChI is InChI=1S/C24H23N3/c1-26-14-16-27(17-15-26)23-11-10-22(20-8-4-5-9-21(20)23)24-19-7-3-2-6-18(19)12-13-25-24/h2-13H,14-17H2,1H3. The van der Waals surface area contributed by atoms with E-state index in [2.05, 4.69) is 83.6 Å². The maximum atomic E-state index is 4.76. The first-order chi connectivity index (χ1) is 13.3. The van der Waals surface area contributed by atoms with Gasteiger partial charge in [-0.2, -0.15) is 0 Å². The molecule has 0 saturated carbocycles. The van der Waals surface area contributed by atoms with Crippen molar-refractivity contribution < 1.29 is 0 Å². The molecule has 0 unspecified atom stereocenters. The molecule has 0 radical (unpaired) electrons. The Morgan fingerprint density at radius 2 is 1.41 bits per heavy atom. The average Bonchev–Trinajstić information content (AvgIpc) is 2.73. The van der Waals surface area contributed by atoms with Crippen molar-refractivity contribution in [2.24, 2.45) is 0 Å². The van der Waals surface area contributed by atoms with Gasteiger partial charge in [-0.1, -0.05) is 54.6 Å². The highest BCUT2D eigenvalue weighted by Gasteiger charge is 2.18. The lowest BCUT2D eigenvalue weighted by Gasteiger charge is -2.35. The molecular weight excluding hydrogens is 330 g/mol. The molecule has 1 fully saturated rings. The van der Waals surface area contributed by atoms with E-state index in [-0.39, 0.29) is 0 Å². The van der Waals surface area contributed by atoms with Gasteiger partial charge in [0.1, 0.15) is 0 Å². The predicted octanol–water partition coefficient (Wildman–Crippen LogP) is 4.81. The van der Waals surface area contributed by atoms with E-state index in [0.29, 0.717) is 0 Å². The molecule has 2 heterocycles. The van der Waals surface area contributed by atoms with Crippen molar-refractivity contribution in [3.63, 3.8) is 0 Å². The molecule has 3 heteroatoms. The molecule has 1 saturated heterocycles. The van der Waals surface area contributed by atoms with Crippen LogP contribution in [0.15, 0.2) is 72.9 Å². The number of fused-ring (bicyclic) bond motifs is 2. The van der Waals surface area contributed by atoms with E-state index < -0.39 is 0 Å².